The Bertz CT molecular complexity index is 605. The molecule has 0 aliphatic heterocycles. The van der Waals surface area contributed by atoms with E-state index in [-0.39, 0.29) is 10.7 Å². The summed E-state index contributed by atoms with van der Waals surface area (Å²) in [5, 5.41) is 2.80. The average molecular weight is 290 g/mol. The van der Waals surface area contributed by atoms with Crippen LogP contribution in [0.15, 0.2) is 24.4 Å². The number of anilines is 1. The van der Waals surface area contributed by atoms with Crippen molar-refractivity contribution in [2.45, 2.75) is 13.1 Å². The molecule has 0 fully saturated rings. The van der Waals surface area contributed by atoms with Gasteiger partial charge < -0.3 is 5.32 Å². The molecule has 0 atom stereocenters. The number of alkyl halides is 3. The van der Waals surface area contributed by atoms with E-state index in [2.05, 4.69) is 10.3 Å². The molecule has 1 heterocycles. The minimum Gasteiger partial charge on any atom is -0.358 e. The third-order valence-electron chi connectivity index (χ3n) is 2.57. The van der Waals surface area contributed by atoms with Crippen molar-refractivity contribution < 1.29 is 13.2 Å². The maximum atomic E-state index is 13.0. The summed E-state index contributed by atoms with van der Waals surface area (Å²) in [6.45, 7) is 1.71. The maximum absolute atomic E-state index is 13.0. The van der Waals surface area contributed by atoms with Crippen molar-refractivity contribution in [3.05, 3.63) is 40.7 Å². The summed E-state index contributed by atoms with van der Waals surface area (Å²) in [4.78, 5) is 4.10. The Morgan fingerprint density at radius 2 is 2.00 bits per heavy atom. The first kappa shape index (κ1) is 13.7. The first-order valence-corrected chi connectivity index (χ1v) is 5.81. The normalized spacial score (nSPS) is 11.7. The van der Waals surface area contributed by atoms with Crippen molar-refractivity contribution in [1.82, 2.24) is 9.55 Å². The van der Waals surface area contributed by atoms with Crippen LogP contribution in [0.4, 0.5) is 19.1 Å². The number of nitrogens with zero attached hydrogens (tertiary/aromatic N) is 2. The molecule has 0 bridgehead atoms. The molecule has 0 spiro atoms. The van der Waals surface area contributed by atoms with E-state index in [4.69, 9.17) is 11.6 Å². The fourth-order valence-electron chi connectivity index (χ4n) is 1.80. The van der Waals surface area contributed by atoms with Gasteiger partial charge in [0.05, 0.1) is 16.9 Å². The van der Waals surface area contributed by atoms with E-state index in [0.29, 0.717) is 11.6 Å². The van der Waals surface area contributed by atoms with Gasteiger partial charge in [-0.15, -0.1) is 0 Å². The first-order valence-electron chi connectivity index (χ1n) is 5.44. The summed E-state index contributed by atoms with van der Waals surface area (Å²) in [6.07, 6.45) is -2.95. The van der Waals surface area contributed by atoms with E-state index in [1.807, 2.05) is 0 Å². The summed E-state index contributed by atoms with van der Waals surface area (Å²) in [5.41, 5.74) is -0.192. The molecule has 0 radical (unpaired) electrons. The number of hydrogen-bond donors (Lipinski definition) is 1. The zero-order valence-corrected chi connectivity index (χ0v) is 11.0. The summed E-state index contributed by atoms with van der Waals surface area (Å²) in [6, 6.07) is 3.65. The highest BCUT2D eigenvalue weighted by atomic mass is 35.5. The van der Waals surface area contributed by atoms with Gasteiger partial charge in [-0.3, -0.25) is 4.57 Å². The van der Waals surface area contributed by atoms with Crippen molar-refractivity contribution in [3.63, 3.8) is 0 Å². The molecule has 0 saturated heterocycles. The lowest BCUT2D eigenvalue weighted by molar-refractivity contribution is -0.137. The van der Waals surface area contributed by atoms with Gasteiger partial charge in [0.25, 0.3) is 0 Å². The van der Waals surface area contributed by atoms with E-state index in [9.17, 15) is 13.2 Å². The Labute approximate surface area is 113 Å². The Kier molecular flexibility index (Phi) is 3.45. The number of nitrogens with one attached hydrogen (secondary N) is 1. The lowest BCUT2D eigenvalue weighted by Crippen LogP contribution is -2.11. The van der Waals surface area contributed by atoms with E-state index in [1.54, 1.807) is 14.0 Å². The average Bonchev–Trinajstić information content (AvgIpc) is 2.69. The second-order valence-electron chi connectivity index (χ2n) is 3.99. The molecule has 102 valence electrons. The number of rotatable bonds is 2. The van der Waals surface area contributed by atoms with E-state index in [0.717, 1.165) is 6.07 Å². The van der Waals surface area contributed by atoms with Crippen LogP contribution in [0.25, 0.3) is 5.69 Å². The summed E-state index contributed by atoms with van der Waals surface area (Å²) >= 11 is 5.65. The maximum Gasteiger partial charge on any atom is 0.418 e. The second kappa shape index (κ2) is 4.77. The van der Waals surface area contributed by atoms with Crippen molar-refractivity contribution in [2.24, 2.45) is 0 Å². The Morgan fingerprint density at radius 1 is 1.32 bits per heavy atom. The monoisotopic (exact) mass is 289 g/mol. The highest BCUT2D eigenvalue weighted by Gasteiger charge is 2.34. The fourth-order valence-corrected chi connectivity index (χ4v) is 1.98. The van der Waals surface area contributed by atoms with Crippen LogP contribution in [-0.4, -0.2) is 16.6 Å². The molecule has 19 heavy (non-hydrogen) atoms. The second-order valence-corrected chi connectivity index (χ2v) is 4.42. The van der Waals surface area contributed by atoms with Crippen molar-refractivity contribution in [1.29, 1.82) is 0 Å². The number of imidazole rings is 1. The first-order chi connectivity index (χ1) is 8.82. The lowest BCUT2D eigenvalue weighted by Gasteiger charge is -2.15. The van der Waals surface area contributed by atoms with Crippen molar-refractivity contribution >= 4 is 17.5 Å². The number of hydrogen-bond acceptors (Lipinski definition) is 2. The van der Waals surface area contributed by atoms with Crippen LogP contribution in [0.1, 0.15) is 11.3 Å². The van der Waals surface area contributed by atoms with Gasteiger partial charge in [-0.1, -0.05) is 11.6 Å². The van der Waals surface area contributed by atoms with Crippen LogP contribution in [0, 0.1) is 6.92 Å². The van der Waals surface area contributed by atoms with E-state index >= 15 is 0 Å². The van der Waals surface area contributed by atoms with Crippen LogP contribution >= 0.6 is 11.6 Å². The van der Waals surface area contributed by atoms with Crippen LogP contribution in [-0.2, 0) is 6.18 Å². The van der Waals surface area contributed by atoms with E-state index in [1.165, 1.54) is 22.9 Å². The van der Waals surface area contributed by atoms with Crippen molar-refractivity contribution in [3.8, 4) is 5.69 Å². The van der Waals surface area contributed by atoms with Crippen LogP contribution in [0.3, 0.4) is 0 Å². The van der Waals surface area contributed by atoms with E-state index < -0.39 is 11.7 Å². The zero-order valence-electron chi connectivity index (χ0n) is 10.2. The molecule has 0 amide bonds. The summed E-state index contributed by atoms with van der Waals surface area (Å²) in [7, 11) is 1.60. The van der Waals surface area contributed by atoms with Gasteiger partial charge in [-0.25, -0.2) is 4.98 Å². The molecule has 1 N–H and O–H groups in total. The minimum atomic E-state index is -4.48. The quantitative estimate of drug-likeness (QED) is 0.909. The van der Waals surface area contributed by atoms with Gasteiger partial charge in [0.1, 0.15) is 0 Å². The molecule has 1 aromatic carbocycles. The number of benzene rings is 1. The Hall–Kier alpha value is -1.69. The highest BCUT2D eigenvalue weighted by molar-refractivity contribution is 6.30. The van der Waals surface area contributed by atoms with Gasteiger partial charge in [0, 0.05) is 18.3 Å². The van der Waals surface area contributed by atoms with Crippen LogP contribution < -0.4 is 5.32 Å². The minimum absolute atomic E-state index is 0.0122. The molecule has 7 heteroatoms. The van der Waals surface area contributed by atoms with Crippen molar-refractivity contribution in [2.75, 3.05) is 12.4 Å². The molecule has 1 aromatic heterocycles. The number of aromatic nitrogens is 2. The molecular formula is C12H11ClF3N3. The summed E-state index contributed by atoms with van der Waals surface area (Å²) < 4.78 is 40.5. The number of aryl methyl sites for hydroxylation is 1. The number of halogens is 4. The van der Waals surface area contributed by atoms with Gasteiger partial charge in [-0.2, -0.15) is 13.2 Å². The lowest BCUT2D eigenvalue weighted by atomic mass is 10.1. The molecular weight excluding hydrogens is 279 g/mol. The standard InChI is InChI=1S/C12H11ClF3N3/c1-7-6-19(11(17-2)18-7)10-4-3-8(13)5-9(10)12(14,15)16/h3-6H,1-2H3,(H,17,18). The third kappa shape index (κ3) is 2.68. The molecule has 3 nitrogen and oxygen atoms in total. The van der Waals surface area contributed by atoms with Gasteiger partial charge >= 0.3 is 6.18 Å². The fraction of sp³-hybridized carbons (Fsp3) is 0.250. The topological polar surface area (TPSA) is 29.9 Å². The smallest absolute Gasteiger partial charge is 0.358 e. The third-order valence-corrected chi connectivity index (χ3v) is 2.81. The van der Waals surface area contributed by atoms with Crippen LogP contribution in [0.2, 0.25) is 5.02 Å². The predicted molar refractivity (Wildman–Crippen MR) is 67.9 cm³/mol. The van der Waals surface area contributed by atoms with Gasteiger partial charge in [0.2, 0.25) is 5.95 Å². The molecule has 2 aromatic rings. The predicted octanol–water partition coefficient (Wildman–Crippen LogP) is 3.89. The summed E-state index contributed by atoms with van der Waals surface area (Å²) in [5.74, 6) is 0.338. The molecule has 2 rings (SSSR count). The van der Waals surface area contributed by atoms with Gasteiger partial charge in [0.15, 0.2) is 0 Å². The molecule has 0 saturated carbocycles. The zero-order chi connectivity index (χ0) is 14.2. The largest absolute Gasteiger partial charge is 0.418 e. The van der Waals surface area contributed by atoms with Crippen LogP contribution in [0.5, 0.6) is 0 Å². The highest BCUT2D eigenvalue weighted by Crippen LogP contribution is 2.36. The van der Waals surface area contributed by atoms with Gasteiger partial charge in [-0.05, 0) is 25.1 Å². The molecule has 0 unspecified atom stereocenters. The Balaban J connectivity index is 2.68. The molecule has 0 aliphatic rings. The SMILES string of the molecule is CNc1nc(C)cn1-c1ccc(Cl)cc1C(F)(F)F. The molecule has 0 aliphatic carbocycles. The Morgan fingerprint density at radius 3 is 2.58 bits per heavy atom.